The second kappa shape index (κ2) is 9.47. The minimum absolute atomic E-state index is 0.185. The van der Waals surface area contributed by atoms with Crippen LogP contribution < -0.4 is 5.32 Å². The normalized spacial score (nSPS) is 17.6. The van der Waals surface area contributed by atoms with E-state index in [4.69, 9.17) is 0 Å². The molecule has 1 heterocycles. The first kappa shape index (κ1) is 20.1. The molecule has 1 aliphatic rings. The largest absolute Gasteiger partial charge is 0.480 e. The zero-order valence-electron chi connectivity index (χ0n) is 15.1. The van der Waals surface area contributed by atoms with Crippen molar-refractivity contribution in [2.75, 3.05) is 24.7 Å². The van der Waals surface area contributed by atoms with E-state index in [9.17, 15) is 19.5 Å². The molecule has 2 rings (SSSR count). The first-order valence-electron chi connectivity index (χ1n) is 8.68. The molecule has 3 amide bonds. The van der Waals surface area contributed by atoms with Crippen molar-refractivity contribution in [3.63, 3.8) is 0 Å². The lowest BCUT2D eigenvalue weighted by Crippen LogP contribution is -2.54. The molecule has 0 radical (unpaired) electrons. The van der Waals surface area contributed by atoms with Crippen LogP contribution in [0.25, 0.3) is 0 Å². The number of urea groups is 1. The van der Waals surface area contributed by atoms with Crippen molar-refractivity contribution in [2.45, 2.75) is 32.4 Å². The lowest BCUT2D eigenvalue weighted by Gasteiger charge is -2.30. The molecule has 0 unspecified atom stereocenters. The highest BCUT2D eigenvalue weighted by molar-refractivity contribution is 7.99. The molecule has 1 fully saturated rings. The van der Waals surface area contributed by atoms with Crippen molar-refractivity contribution >= 4 is 29.7 Å². The zero-order valence-corrected chi connectivity index (χ0v) is 15.9. The Morgan fingerprint density at radius 2 is 1.92 bits per heavy atom. The Morgan fingerprint density at radius 1 is 1.27 bits per heavy atom. The zero-order chi connectivity index (χ0) is 19.1. The third-order valence-electron chi connectivity index (χ3n) is 4.36. The molecule has 8 heteroatoms. The molecule has 2 N–H and O–H groups in total. The summed E-state index contributed by atoms with van der Waals surface area (Å²) in [4.78, 5) is 40.0. The number of carboxylic acids is 1. The van der Waals surface area contributed by atoms with E-state index in [-0.39, 0.29) is 12.5 Å². The number of nitrogens with one attached hydrogen (secondary N) is 1. The van der Waals surface area contributed by atoms with Crippen LogP contribution in [0.3, 0.4) is 0 Å². The monoisotopic (exact) mass is 379 g/mol. The highest BCUT2D eigenvalue weighted by atomic mass is 32.2. The average Bonchev–Trinajstić information content (AvgIpc) is 3.12. The van der Waals surface area contributed by atoms with Crippen LogP contribution in [0, 0.1) is 0 Å². The average molecular weight is 379 g/mol. The first-order chi connectivity index (χ1) is 12.5. The molecule has 0 bridgehead atoms. The summed E-state index contributed by atoms with van der Waals surface area (Å²) in [6.07, 6.45) is 0.200. The number of hydrogen-bond acceptors (Lipinski definition) is 4. The van der Waals surface area contributed by atoms with Gasteiger partial charge in [0.1, 0.15) is 12.1 Å². The topological polar surface area (TPSA) is 90.0 Å². The van der Waals surface area contributed by atoms with Gasteiger partial charge >= 0.3 is 12.0 Å². The molecule has 1 aromatic rings. The highest BCUT2D eigenvalue weighted by Crippen LogP contribution is 2.23. The van der Waals surface area contributed by atoms with E-state index in [1.807, 2.05) is 44.2 Å². The first-order valence-corrected chi connectivity index (χ1v) is 9.83. The van der Waals surface area contributed by atoms with Crippen molar-refractivity contribution < 1.29 is 19.5 Å². The molecule has 0 saturated carbocycles. The fourth-order valence-corrected chi connectivity index (χ4v) is 3.99. The van der Waals surface area contributed by atoms with Crippen LogP contribution in [0.15, 0.2) is 30.3 Å². The summed E-state index contributed by atoms with van der Waals surface area (Å²) in [6, 6.07) is 7.29. The smallest absolute Gasteiger partial charge is 0.326 e. The number of amides is 3. The van der Waals surface area contributed by atoms with Crippen molar-refractivity contribution in [3.05, 3.63) is 35.9 Å². The minimum Gasteiger partial charge on any atom is -0.480 e. The number of benzene rings is 1. The van der Waals surface area contributed by atoms with Crippen LogP contribution in [0.1, 0.15) is 19.4 Å². The van der Waals surface area contributed by atoms with Crippen LogP contribution in [-0.2, 0) is 16.0 Å². The van der Waals surface area contributed by atoms with Crippen LogP contribution in [0.2, 0.25) is 0 Å². The van der Waals surface area contributed by atoms with Crippen LogP contribution in [0.4, 0.5) is 4.79 Å². The number of aliphatic carboxylic acids is 1. The van der Waals surface area contributed by atoms with E-state index >= 15 is 0 Å². The minimum atomic E-state index is -1.09. The van der Waals surface area contributed by atoms with Crippen molar-refractivity contribution in [1.82, 2.24) is 15.1 Å². The van der Waals surface area contributed by atoms with Gasteiger partial charge in [-0.3, -0.25) is 4.79 Å². The number of carboxylic acid groups (broad SMARTS) is 1. The molecule has 1 aromatic carbocycles. The summed E-state index contributed by atoms with van der Waals surface area (Å²) in [5.74, 6) is -0.603. The van der Waals surface area contributed by atoms with Gasteiger partial charge in [0.05, 0.1) is 5.88 Å². The van der Waals surface area contributed by atoms with Gasteiger partial charge in [0.2, 0.25) is 5.91 Å². The van der Waals surface area contributed by atoms with Crippen molar-refractivity contribution in [2.24, 2.45) is 0 Å². The highest BCUT2D eigenvalue weighted by Gasteiger charge is 2.37. The Balaban J connectivity index is 2.05. The third kappa shape index (κ3) is 4.91. The lowest BCUT2D eigenvalue weighted by atomic mass is 10.1. The fraction of sp³-hybridized carbons (Fsp3) is 0.500. The second-order valence-corrected chi connectivity index (χ2v) is 7.03. The molecule has 0 aromatic heterocycles. The number of carbonyl (C=O) groups is 3. The number of rotatable bonds is 7. The van der Waals surface area contributed by atoms with E-state index < -0.39 is 24.0 Å². The Hall–Kier alpha value is -2.22. The number of thioether (sulfide) groups is 1. The Morgan fingerprint density at radius 3 is 2.50 bits per heavy atom. The summed E-state index contributed by atoms with van der Waals surface area (Å²) in [5.41, 5.74) is 0.831. The van der Waals surface area contributed by atoms with Gasteiger partial charge in [0.25, 0.3) is 0 Å². The Bertz CT molecular complexity index is 637. The molecule has 142 valence electrons. The van der Waals surface area contributed by atoms with Gasteiger partial charge in [0.15, 0.2) is 0 Å². The van der Waals surface area contributed by atoms with Gasteiger partial charge in [-0.25, -0.2) is 9.59 Å². The van der Waals surface area contributed by atoms with E-state index in [0.29, 0.717) is 24.7 Å². The van der Waals surface area contributed by atoms with Crippen molar-refractivity contribution in [3.8, 4) is 0 Å². The standard InChI is InChI=1S/C18H25N3O4S/c1-3-20(4-2)18(25)21-12-26-11-15(21)16(22)19-14(17(23)24)10-13-8-6-5-7-9-13/h5-9,14-15H,3-4,10-12H2,1-2H3,(H,19,22)(H,23,24)/t14-,15+/m0/s1. The van der Waals surface area contributed by atoms with Gasteiger partial charge in [-0.05, 0) is 19.4 Å². The van der Waals surface area contributed by atoms with Crippen LogP contribution in [0.5, 0.6) is 0 Å². The summed E-state index contributed by atoms with van der Waals surface area (Å²) in [6.45, 7) is 4.91. The molecule has 1 saturated heterocycles. The maximum atomic E-state index is 12.7. The maximum absolute atomic E-state index is 12.7. The Labute approximate surface area is 157 Å². The molecule has 0 aliphatic carbocycles. The van der Waals surface area contributed by atoms with Gasteiger partial charge in [-0.15, -0.1) is 11.8 Å². The van der Waals surface area contributed by atoms with Gasteiger partial charge < -0.3 is 20.2 Å². The SMILES string of the molecule is CCN(CC)C(=O)N1CSC[C@@H]1C(=O)N[C@@H](Cc1ccccc1)C(=O)O. The van der Waals surface area contributed by atoms with Crippen molar-refractivity contribution in [1.29, 1.82) is 0 Å². The predicted octanol–water partition coefficient (Wildman–Crippen LogP) is 1.64. The maximum Gasteiger partial charge on any atom is 0.326 e. The van der Waals surface area contributed by atoms with Crippen LogP contribution in [-0.4, -0.2) is 69.6 Å². The molecule has 26 heavy (non-hydrogen) atoms. The quantitative estimate of drug-likeness (QED) is 0.752. The lowest BCUT2D eigenvalue weighted by molar-refractivity contribution is -0.142. The van der Waals surface area contributed by atoms with E-state index in [2.05, 4.69) is 5.32 Å². The summed E-state index contributed by atoms with van der Waals surface area (Å²) < 4.78 is 0. The van der Waals surface area contributed by atoms with Gasteiger partial charge in [-0.1, -0.05) is 30.3 Å². The van der Waals surface area contributed by atoms with E-state index in [1.54, 1.807) is 4.90 Å². The summed E-state index contributed by atoms with van der Waals surface area (Å²) in [5, 5.41) is 12.1. The van der Waals surface area contributed by atoms with E-state index in [0.717, 1.165) is 5.56 Å². The molecule has 0 spiro atoms. The number of hydrogen-bond donors (Lipinski definition) is 2. The molecule has 2 atom stereocenters. The van der Waals surface area contributed by atoms with Gasteiger partial charge in [0, 0.05) is 25.3 Å². The fourth-order valence-electron chi connectivity index (χ4n) is 2.84. The Kier molecular flexibility index (Phi) is 7.32. The predicted molar refractivity (Wildman–Crippen MR) is 101 cm³/mol. The molecular formula is C18H25N3O4S. The number of nitrogens with zero attached hydrogens (tertiary/aromatic N) is 2. The second-order valence-electron chi connectivity index (χ2n) is 6.03. The van der Waals surface area contributed by atoms with Crippen LogP contribution >= 0.6 is 11.8 Å². The third-order valence-corrected chi connectivity index (χ3v) is 5.37. The molecular weight excluding hydrogens is 354 g/mol. The summed E-state index contributed by atoms with van der Waals surface area (Å²) in [7, 11) is 0. The molecule has 1 aliphatic heterocycles. The van der Waals surface area contributed by atoms with Gasteiger partial charge in [-0.2, -0.15) is 0 Å². The number of carbonyl (C=O) groups excluding carboxylic acids is 2. The summed E-state index contributed by atoms with van der Waals surface area (Å²) >= 11 is 1.49. The van der Waals surface area contributed by atoms with E-state index in [1.165, 1.54) is 16.7 Å². The molecule has 7 nitrogen and oxygen atoms in total.